The van der Waals surface area contributed by atoms with Crippen molar-refractivity contribution < 1.29 is 4.42 Å². The molecule has 1 atom stereocenters. The van der Waals surface area contributed by atoms with Gasteiger partial charge in [-0.15, -0.1) is 0 Å². The molecule has 0 amide bonds. The highest BCUT2D eigenvalue weighted by Gasteiger charge is 2.32. The van der Waals surface area contributed by atoms with Gasteiger partial charge in [-0.05, 0) is 24.0 Å². The lowest BCUT2D eigenvalue weighted by Crippen LogP contribution is -2.37. The van der Waals surface area contributed by atoms with Gasteiger partial charge >= 0.3 is 0 Å². The third-order valence-electron chi connectivity index (χ3n) is 4.85. The van der Waals surface area contributed by atoms with Crippen LogP contribution in [-0.4, -0.2) is 21.4 Å². The van der Waals surface area contributed by atoms with E-state index in [-0.39, 0.29) is 0 Å². The summed E-state index contributed by atoms with van der Waals surface area (Å²) in [5.74, 6) is 1.28. The molecule has 0 radical (unpaired) electrons. The molecule has 120 valence electrons. The zero-order valence-corrected chi connectivity index (χ0v) is 14.0. The van der Waals surface area contributed by atoms with Crippen LogP contribution in [0.2, 0.25) is 0 Å². The van der Waals surface area contributed by atoms with Crippen molar-refractivity contribution in [3.8, 4) is 0 Å². The zero-order valence-electron chi connectivity index (χ0n) is 14.0. The van der Waals surface area contributed by atoms with Gasteiger partial charge in [-0.1, -0.05) is 32.0 Å². The SMILES string of the molecule is Cc1nc(CN2CCc3c([nH]c4ccccc34)C2C(C)C)co1. The second-order valence-electron chi connectivity index (χ2n) is 6.83. The molecule has 4 rings (SSSR count). The molecule has 0 bridgehead atoms. The first-order valence-corrected chi connectivity index (χ1v) is 8.38. The van der Waals surface area contributed by atoms with Crippen molar-refractivity contribution in [3.63, 3.8) is 0 Å². The average Bonchev–Trinajstić information content (AvgIpc) is 3.09. The lowest BCUT2D eigenvalue weighted by atomic mass is 9.90. The van der Waals surface area contributed by atoms with Crippen LogP contribution in [0.4, 0.5) is 0 Å². The summed E-state index contributed by atoms with van der Waals surface area (Å²) in [6.45, 7) is 8.40. The molecule has 23 heavy (non-hydrogen) atoms. The number of para-hydroxylation sites is 1. The van der Waals surface area contributed by atoms with Crippen molar-refractivity contribution in [3.05, 3.63) is 53.4 Å². The second kappa shape index (κ2) is 5.53. The molecule has 1 aliphatic heterocycles. The third-order valence-corrected chi connectivity index (χ3v) is 4.85. The largest absolute Gasteiger partial charge is 0.449 e. The number of rotatable bonds is 3. The van der Waals surface area contributed by atoms with Crippen molar-refractivity contribution in [1.82, 2.24) is 14.9 Å². The van der Waals surface area contributed by atoms with Gasteiger partial charge in [0.1, 0.15) is 6.26 Å². The summed E-state index contributed by atoms with van der Waals surface area (Å²) in [7, 11) is 0. The van der Waals surface area contributed by atoms with Gasteiger partial charge in [0.2, 0.25) is 0 Å². The van der Waals surface area contributed by atoms with Crippen molar-refractivity contribution in [2.24, 2.45) is 5.92 Å². The van der Waals surface area contributed by atoms with Crippen molar-refractivity contribution in [2.45, 2.75) is 39.8 Å². The van der Waals surface area contributed by atoms with Crippen LogP contribution in [0.1, 0.15) is 42.7 Å². The molecule has 0 saturated heterocycles. The molecule has 3 heterocycles. The monoisotopic (exact) mass is 309 g/mol. The number of fused-ring (bicyclic) bond motifs is 3. The fourth-order valence-electron chi connectivity index (χ4n) is 3.94. The van der Waals surface area contributed by atoms with Crippen LogP contribution >= 0.6 is 0 Å². The fraction of sp³-hybridized carbons (Fsp3) is 0.421. The van der Waals surface area contributed by atoms with Crippen LogP contribution in [-0.2, 0) is 13.0 Å². The van der Waals surface area contributed by atoms with Gasteiger partial charge in [-0.3, -0.25) is 4.90 Å². The molecular weight excluding hydrogens is 286 g/mol. The van der Waals surface area contributed by atoms with Crippen molar-refractivity contribution in [2.75, 3.05) is 6.54 Å². The normalized spacial score (nSPS) is 18.7. The summed E-state index contributed by atoms with van der Waals surface area (Å²) in [5, 5.41) is 1.38. The standard InChI is InChI=1S/C19H23N3O/c1-12(2)19-18-16(15-6-4-5-7-17(15)21-18)8-9-22(19)10-14-11-23-13(3)20-14/h4-7,11-12,19,21H,8-10H2,1-3H3. The van der Waals surface area contributed by atoms with E-state index in [1.165, 1.54) is 22.2 Å². The maximum atomic E-state index is 5.37. The molecule has 1 unspecified atom stereocenters. The van der Waals surface area contributed by atoms with E-state index in [0.29, 0.717) is 12.0 Å². The molecule has 1 aromatic carbocycles. The molecular formula is C19H23N3O. The molecule has 3 aromatic rings. The zero-order chi connectivity index (χ0) is 16.0. The lowest BCUT2D eigenvalue weighted by molar-refractivity contribution is 0.131. The van der Waals surface area contributed by atoms with E-state index in [9.17, 15) is 0 Å². The minimum Gasteiger partial charge on any atom is -0.449 e. The summed E-state index contributed by atoms with van der Waals surface area (Å²) in [5.41, 5.74) is 5.15. The first kappa shape index (κ1) is 14.5. The van der Waals surface area contributed by atoms with Gasteiger partial charge < -0.3 is 9.40 Å². The van der Waals surface area contributed by atoms with Crippen LogP contribution in [0.25, 0.3) is 10.9 Å². The number of hydrogen-bond acceptors (Lipinski definition) is 3. The molecule has 1 N–H and O–H groups in total. The summed E-state index contributed by atoms with van der Waals surface area (Å²) in [6.07, 6.45) is 2.87. The molecule has 1 aliphatic rings. The first-order valence-electron chi connectivity index (χ1n) is 8.38. The van der Waals surface area contributed by atoms with E-state index in [0.717, 1.165) is 31.1 Å². The maximum absolute atomic E-state index is 5.37. The van der Waals surface area contributed by atoms with Gasteiger partial charge in [-0.2, -0.15) is 0 Å². The summed E-state index contributed by atoms with van der Waals surface area (Å²) in [4.78, 5) is 10.7. The highest BCUT2D eigenvalue weighted by atomic mass is 16.3. The molecule has 0 aliphatic carbocycles. The van der Waals surface area contributed by atoms with Crippen molar-refractivity contribution in [1.29, 1.82) is 0 Å². The van der Waals surface area contributed by atoms with Gasteiger partial charge in [0.05, 0.1) is 11.7 Å². The molecule has 0 saturated carbocycles. The number of oxazole rings is 1. The molecule has 4 heteroatoms. The Hall–Kier alpha value is -2.07. The van der Waals surface area contributed by atoms with E-state index < -0.39 is 0 Å². The predicted molar refractivity (Wildman–Crippen MR) is 91.2 cm³/mol. The fourth-order valence-corrected chi connectivity index (χ4v) is 3.94. The Kier molecular flexibility index (Phi) is 3.49. The summed E-state index contributed by atoms with van der Waals surface area (Å²) < 4.78 is 5.37. The Bertz CT molecular complexity index is 830. The number of benzene rings is 1. The highest BCUT2D eigenvalue weighted by molar-refractivity contribution is 5.85. The quantitative estimate of drug-likeness (QED) is 0.788. The van der Waals surface area contributed by atoms with E-state index >= 15 is 0 Å². The topological polar surface area (TPSA) is 45.1 Å². The van der Waals surface area contributed by atoms with Crippen LogP contribution in [0, 0.1) is 12.8 Å². The van der Waals surface area contributed by atoms with Gasteiger partial charge in [0.25, 0.3) is 0 Å². The Balaban J connectivity index is 1.73. The number of hydrogen-bond donors (Lipinski definition) is 1. The molecule has 0 fully saturated rings. The highest BCUT2D eigenvalue weighted by Crippen LogP contribution is 2.38. The Morgan fingerprint density at radius 3 is 2.91 bits per heavy atom. The van der Waals surface area contributed by atoms with E-state index in [1.54, 1.807) is 6.26 Å². The van der Waals surface area contributed by atoms with Gasteiger partial charge in [0.15, 0.2) is 5.89 Å². The Morgan fingerprint density at radius 2 is 2.17 bits per heavy atom. The van der Waals surface area contributed by atoms with Crippen LogP contribution in [0.5, 0.6) is 0 Å². The van der Waals surface area contributed by atoms with Crippen LogP contribution in [0.3, 0.4) is 0 Å². The number of aryl methyl sites for hydroxylation is 1. The number of nitrogens with zero attached hydrogens (tertiary/aromatic N) is 2. The van der Waals surface area contributed by atoms with E-state index in [4.69, 9.17) is 4.42 Å². The minimum absolute atomic E-state index is 0.392. The minimum atomic E-state index is 0.392. The first-order chi connectivity index (χ1) is 11.1. The number of H-pyrrole nitrogens is 1. The smallest absolute Gasteiger partial charge is 0.191 e. The number of nitrogens with one attached hydrogen (secondary N) is 1. The van der Waals surface area contributed by atoms with Gasteiger partial charge in [-0.25, -0.2) is 4.98 Å². The maximum Gasteiger partial charge on any atom is 0.191 e. The average molecular weight is 309 g/mol. The second-order valence-corrected chi connectivity index (χ2v) is 6.83. The number of aromatic amines is 1. The predicted octanol–water partition coefficient (Wildman–Crippen LogP) is 4.22. The Morgan fingerprint density at radius 1 is 1.35 bits per heavy atom. The summed E-state index contributed by atoms with van der Waals surface area (Å²) >= 11 is 0. The van der Waals surface area contributed by atoms with Crippen LogP contribution in [0.15, 0.2) is 34.9 Å². The van der Waals surface area contributed by atoms with Gasteiger partial charge in [0, 0.05) is 36.6 Å². The lowest BCUT2D eigenvalue weighted by Gasteiger charge is -2.37. The van der Waals surface area contributed by atoms with E-state index in [2.05, 4.69) is 53.0 Å². The third kappa shape index (κ3) is 2.47. The van der Waals surface area contributed by atoms with Crippen LogP contribution < -0.4 is 0 Å². The van der Waals surface area contributed by atoms with E-state index in [1.807, 2.05) is 6.92 Å². The summed E-state index contributed by atoms with van der Waals surface area (Å²) in [6, 6.07) is 9.04. The number of aromatic nitrogens is 2. The van der Waals surface area contributed by atoms with Crippen molar-refractivity contribution >= 4 is 10.9 Å². The molecule has 4 nitrogen and oxygen atoms in total. The molecule has 0 spiro atoms. The Labute approximate surface area is 136 Å². The molecule has 2 aromatic heterocycles.